The van der Waals surface area contributed by atoms with E-state index in [1.54, 1.807) is 13.8 Å². The number of hydrogen-bond donors (Lipinski definition) is 0. The standard InChI is InChI=1S/C13H14O5S/c1-7-8(2)19(15,16)12-6-11-10(17-3-4-18-11)5-9(12)13(7)14/h5-8H,3-4H2,1-2H3. The molecular weight excluding hydrogens is 268 g/mol. The van der Waals surface area contributed by atoms with Crippen LogP contribution in [0.25, 0.3) is 0 Å². The van der Waals surface area contributed by atoms with Crippen LogP contribution in [0.3, 0.4) is 0 Å². The zero-order valence-corrected chi connectivity index (χ0v) is 11.5. The van der Waals surface area contributed by atoms with E-state index in [2.05, 4.69) is 0 Å². The summed E-state index contributed by atoms with van der Waals surface area (Å²) in [5, 5.41) is -0.713. The number of carbonyl (C=O) groups is 1. The Morgan fingerprint density at radius 1 is 1.11 bits per heavy atom. The van der Waals surface area contributed by atoms with Crippen molar-refractivity contribution in [3.63, 3.8) is 0 Å². The van der Waals surface area contributed by atoms with Gasteiger partial charge in [0.25, 0.3) is 0 Å². The van der Waals surface area contributed by atoms with E-state index in [-0.39, 0.29) is 16.2 Å². The van der Waals surface area contributed by atoms with Crippen LogP contribution in [-0.4, -0.2) is 32.7 Å². The molecule has 0 fully saturated rings. The van der Waals surface area contributed by atoms with Gasteiger partial charge >= 0.3 is 0 Å². The number of hydrogen-bond acceptors (Lipinski definition) is 5. The van der Waals surface area contributed by atoms with E-state index in [1.807, 2.05) is 0 Å². The van der Waals surface area contributed by atoms with E-state index >= 15 is 0 Å². The van der Waals surface area contributed by atoms with E-state index in [4.69, 9.17) is 9.47 Å². The van der Waals surface area contributed by atoms with Gasteiger partial charge in [-0.3, -0.25) is 4.79 Å². The Labute approximate surface area is 111 Å². The molecule has 0 aromatic heterocycles. The summed E-state index contributed by atoms with van der Waals surface area (Å²) in [4.78, 5) is 12.3. The number of carbonyl (C=O) groups excluding carboxylic acids is 1. The number of ketones is 1. The van der Waals surface area contributed by atoms with Crippen molar-refractivity contribution in [3.05, 3.63) is 17.7 Å². The SMILES string of the molecule is CC1C(=O)c2cc3c(cc2S(=O)(=O)C1C)OCCO3. The summed E-state index contributed by atoms with van der Waals surface area (Å²) in [6.45, 7) is 3.99. The fourth-order valence-corrected chi connectivity index (χ4v) is 4.22. The molecule has 0 saturated carbocycles. The van der Waals surface area contributed by atoms with Crippen LogP contribution < -0.4 is 9.47 Å². The first-order valence-corrected chi connectivity index (χ1v) is 7.69. The fourth-order valence-electron chi connectivity index (χ4n) is 2.43. The Bertz CT molecular complexity index is 662. The highest BCUT2D eigenvalue weighted by atomic mass is 32.2. The highest BCUT2D eigenvalue weighted by Crippen LogP contribution is 2.40. The fraction of sp³-hybridized carbons (Fsp3) is 0.462. The molecule has 2 heterocycles. The maximum atomic E-state index is 12.4. The third kappa shape index (κ3) is 1.66. The van der Waals surface area contributed by atoms with Gasteiger partial charge in [-0.1, -0.05) is 6.92 Å². The first-order valence-electron chi connectivity index (χ1n) is 6.14. The third-order valence-corrected chi connectivity index (χ3v) is 6.16. The van der Waals surface area contributed by atoms with Crippen molar-refractivity contribution in [1.29, 1.82) is 0 Å². The molecule has 0 radical (unpaired) electrons. The Hall–Kier alpha value is -1.56. The monoisotopic (exact) mass is 282 g/mol. The first kappa shape index (κ1) is 12.5. The summed E-state index contributed by atoms with van der Waals surface area (Å²) < 4.78 is 35.6. The van der Waals surface area contributed by atoms with E-state index in [1.165, 1.54) is 12.1 Å². The molecule has 0 N–H and O–H groups in total. The van der Waals surface area contributed by atoms with Crippen molar-refractivity contribution in [2.24, 2.45) is 5.92 Å². The predicted molar refractivity (Wildman–Crippen MR) is 67.6 cm³/mol. The third-order valence-electron chi connectivity index (χ3n) is 3.82. The number of fused-ring (bicyclic) bond motifs is 2. The number of Topliss-reactive ketones (excluding diaryl/α,β-unsaturated/α-hetero) is 1. The minimum atomic E-state index is -3.49. The number of sulfone groups is 1. The van der Waals surface area contributed by atoms with Gasteiger partial charge < -0.3 is 9.47 Å². The van der Waals surface area contributed by atoms with E-state index in [0.29, 0.717) is 24.7 Å². The molecule has 0 amide bonds. The van der Waals surface area contributed by atoms with Crippen molar-refractivity contribution in [1.82, 2.24) is 0 Å². The minimum absolute atomic E-state index is 0.0624. The lowest BCUT2D eigenvalue weighted by molar-refractivity contribution is 0.0918. The Morgan fingerprint density at radius 3 is 2.32 bits per heavy atom. The van der Waals surface area contributed by atoms with E-state index < -0.39 is 21.0 Å². The van der Waals surface area contributed by atoms with Gasteiger partial charge in [-0.05, 0) is 13.0 Å². The van der Waals surface area contributed by atoms with Crippen molar-refractivity contribution < 1.29 is 22.7 Å². The lowest BCUT2D eigenvalue weighted by atomic mass is 9.95. The summed E-state index contributed by atoms with van der Waals surface area (Å²) in [5.74, 6) is 0.132. The second-order valence-corrected chi connectivity index (χ2v) is 7.17. The van der Waals surface area contributed by atoms with Crippen LogP contribution in [0.15, 0.2) is 17.0 Å². The van der Waals surface area contributed by atoms with Gasteiger partial charge in [-0.25, -0.2) is 8.42 Å². The normalized spacial score (nSPS) is 27.8. The summed E-state index contributed by atoms with van der Waals surface area (Å²) in [5.41, 5.74) is 0.217. The van der Waals surface area contributed by atoms with Crippen molar-refractivity contribution in [2.75, 3.05) is 13.2 Å². The number of rotatable bonds is 0. The molecule has 0 aliphatic carbocycles. The average Bonchev–Trinajstić information content (AvgIpc) is 2.42. The highest BCUT2D eigenvalue weighted by Gasteiger charge is 2.42. The second-order valence-electron chi connectivity index (χ2n) is 4.90. The van der Waals surface area contributed by atoms with Crippen LogP contribution >= 0.6 is 0 Å². The summed E-state index contributed by atoms with van der Waals surface area (Å²) in [6.07, 6.45) is 0. The quantitative estimate of drug-likeness (QED) is 0.720. The molecule has 5 nitrogen and oxygen atoms in total. The van der Waals surface area contributed by atoms with Crippen LogP contribution in [0.2, 0.25) is 0 Å². The number of ether oxygens (including phenoxy) is 2. The molecule has 1 aromatic rings. The topological polar surface area (TPSA) is 69.7 Å². The average molecular weight is 282 g/mol. The molecule has 2 aliphatic rings. The maximum Gasteiger partial charge on any atom is 0.182 e. The van der Waals surface area contributed by atoms with Crippen molar-refractivity contribution in [3.8, 4) is 11.5 Å². The molecule has 6 heteroatoms. The van der Waals surface area contributed by atoms with Crippen LogP contribution in [0.5, 0.6) is 11.5 Å². The van der Waals surface area contributed by atoms with Gasteiger partial charge in [0, 0.05) is 17.5 Å². The predicted octanol–water partition coefficient (Wildman–Crippen LogP) is 1.45. The maximum absolute atomic E-state index is 12.4. The Morgan fingerprint density at radius 2 is 1.68 bits per heavy atom. The molecule has 0 saturated heterocycles. The molecule has 1 aromatic carbocycles. The Balaban J connectivity index is 2.28. The molecule has 0 bridgehead atoms. The van der Waals surface area contributed by atoms with Gasteiger partial charge in [0.2, 0.25) is 0 Å². The van der Waals surface area contributed by atoms with E-state index in [0.717, 1.165) is 0 Å². The van der Waals surface area contributed by atoms with Gasteiger partial charge in [0.1, 0.15) is 13.2 Å². The zero-order chi connectivity index (χ0) is 13.8. The molecule has 3 rings (SSSR count). The summed E-state index contributed by atoms with van der Waals surface area (Å²) in [6, 6.07) is 2.91. The van der Waals surface area contributed by atoms with Crippen molar-refractivity contribution >= 4 is 15.6 Å². The lowest BCUT2D eigenvalue weighted by Crippen LogP contribution is -2.37. The molecule has 19 heavy (non-hydrogen) atoms. The molecule has 0 spiro atoms. The number of benzene rings is 1. The first-order chi connectivity index (χ1) is 8.93. The lowest BCUT2D eigenvalue weighted by Gasteiger charge is -2.28. The molecule has 2 atom stereocenters. The van der Waals surface area contributed by atoms with Gasteiger partial charge in [0.15, 0.2) is 27.1 Å². The van der Waals surface area contributed by atoms with E-state index in [9.17, 15) is 13.2 Å². The van der Waals surface area contributed by atoms with Crippen LogP contribution in [0.1, 0.15) is 24.2 Å². The zero-order valence-electron chi connectivity index (χ0n) is 10.7. The van der Waals surface area contributed by atoms with Gasteiger partial charge in [0.05, 0.1) is 10.1 Å². The largest absolute Gasteiger partial charge is 0.486 e. The second kappa shape index (κ2) is 3.96. The van der Waals surface area contributed by atoms with Gasteiger partial charge in [-0.2, -0.15) is 0 Å². The summed E-state index contributed by atoms with van der Waals surface area (Å²) >= 11 is 0. The van der Waals surface area contributed by atoms with Crippen LogP contribution in [-0.2, 0) is 9.84 Å². The summed E-state index contributed by atoms with van der Waals surface area (Å²) in [7, 11) is -3.49. The van der Waals surface area contributed by atoms with Crippen LogP contribution in [0.4, 0.5) is 0 Å². The highest BCUT2D eigenvalue weighted by molar-refractivity contribution is 7.92. The van der Waals surface area contributed by atoms with Gasteiger partial charge in [-0.15, -0.1) is 0 Å². The van der Waals surface area contributed by atoms with Crippen molar-refractivity contribution in [2.45, 2.75) is 24.0 Å². The smallest absolute Gasteiger partial charge is 0.182 e. The molecule has 102 valence electrons. The molecule has 2 unspecified atom stereocenters. The minimum Gasteiger partial charge on any atom is -0.486 e. The molecular formula is C13H14O5S. The van der Waals surface area contributed by atoms with Crippen LogP contribution in [0, 0.1) is 5.92 Å². The Kier molecular flexibility index (Phi) is 2.60. The molecule has 2 aliphatic heterocycles.